The van der Waals surface area contributed by atoms with Gasteiger partial charge in [-0.2, -0.15) is 13.2 Å². The molecule has 8 heteroatoms. The maximum absolute atomic E-state index is 13.2. The van der Waals surface area contributed by atoms with E-state index in [0.29, 0.717) is 42.3 Å². The first-order valence-corrected chi connectivity index (χ1v) is 9.82. The summed E-state index contributed by atoms with van der Waals surface area (Å²) in [7, 11) is 0. The number of halogens is 3. The predicted molar refractivity (Wildman–Crippen MR) is 110 cm³/mol. The van der Waals surface area contributed by atoms with Gasteiger partial charge in [-0.05, 0) is 54.8 Å². The van der Waals surface area contributed by atoms with Crippen LogP contribution in [0.25, 0.3) is 11.5 Å². The smallest absolute Gasteiger partial charge is 0.304 e. The SMILES string of the molecule is Cc1ccc(CCc2nnc(-c3ccccn3)n2Cc2ccccn2)cc1C(F)(F)F. The van der Waals surface area contributed by atoms with Gasteiger partial charge in [0.25, 0.3) is 0 Å². The Kier molecular flexibility index (Phi) is 5.79. The first-order valence-electron chi connectivity index (χ1n) is 9.82. The summed E-state index contributed by atoms with van der Waals surface area (Å²) in [6.07, 6.45) is -0.130. The number of nitrogens with zero attached hydrogens (tertiary/aromatic N) is 5. The van der Waals surface area contributed by atoms with Gasteiger partial charge in [0.2, 0.25) is 0 Å². The largest absolute Gasteiger partial charge is 0.416 e. The molecule has 0 aliphatic heterocycles. The van der Waals surface area contributed by atoms with Crippen molar-refractivity contribution < 1.29 is 13.2 Å². The second kappa shape index (κ2) is 8.67. The second-order valence-corrected chi connectivity index (χ2v) is 7.21. The molecule has 0 saturated carbocycles. The molecule has 0 bridgehead atoms. The van der Waals surface area contributed by atoms with Crippen molar-refractivity contribution in [2.24, 2.45) is 0 Å². The summed E-state index contributed by atoms with van der Waals surface area (Å²) >= 11 is 0. The topological polar surface area (TPSA) is 56.5 Å². The fourth-order valence-electron chi connectivity index (χ4n) is 3.41. The van der Waals surface area contributed by atoms with E-state index in [1.807, 2.05) is 41.0 Å². The van der Waals surface area contributed by atoms with Gasteiger partial charge < -0.3 is 4.57 Å². The van der Waals surface area contributed by atoms with Gasteiger partial charge in [0.05, 0.1) is 17.8 Å². The van der Waals surface area contributed by atoms with Gasteiger partial charge in [-0.3, -0.25) is 9.97 Å². The fraction of sp³-hybridized carbons (Fsp3) is 0.217. The Morgan fingerprint density at radius 2 is 1.65 bits per heavy atom. The number of benzene rings is 1. The number of pyridine rings is 2. The summed E-state index contributed by atoms with van der Waals surface area (Å²) in [6, 6.07) is 15.6. The van der Waals surface area contributed by atoms with Crippen LogP contribution >= 0.6 is 0 Å². The van der Waals surface area contributed by atoms with Crippen LogP contribution in [0.2, 0.25) is 0 Å². The van der Waals surface area contributed by atoms with Gasteiger partial charge >= 0.3 is 6.18 Å². The van der Waals surface area contributed by atoms with E-state index in [-0.39, 0.29) is 5.56 Å². The van der Waals surface area contributed by atoms with E-state index in [2.05, 4.69) is 20.2 Å². The molecule has 0 aliphatic rings. The zero-order chi connectivity index (χ0) is 21.8. The third-order valence-electron chi connectivity index (χ3n) is 5.01. The van der Waals surface area contributed by atoms with Crippen molar-refractivity contribution in [3.63, 3.8) is 0 Å². The van der Waals surface area contributed by atoms with E-state index in [1.54, 1.807) is 18.5 Å². The van der Waals surface area contributed by atoms with Crippen LogP contribution in [0.5, 0.6) is 0 Å². The van der Waals surface area contributed by atoms with Crippen LogP contribution in [0.3, 0.4) is 0 Å². The van der Waals surface area contributed by atoms with E-state index < -0.39 is 11.7 Å². The Bertz CT molecular complexity index is 1160. The highest BCUT2D eigenvalue weighted by atomic mass is 19.4. The van der Waals surface area contributed by atoms with Crippen molar-refractivity contribution in [1.29, 1.82) is 0 Å². The van der Waals surface area contributed by atoms with Crippen molar-refractivity contribution in [3.8, 4) is 11.5 Å². The molecule has 1 aromatic carbocycles. The Balaban J connectivity index is 1.63. The third-order valence-corrected chi connectivity index (χ3v) is 5.01. The molecule has 0 amide bonds. The van der Waals surface area contributed by atoms with Crippen molar-refractivity contribution in [2.75, 3.05) is 0 Å². The summed E-state index contributed by atoms with van der Waals surface area (Å²) in [5.74, 6) is 1.27. The van der Waals surface area contributed by atoms with Gasteiger partial charge in [-0.25, -0.2) is 0 Å². The molecule has 158 valence electrons. The monoisotopic (exact) mass is 423 g/mol. The molecule has 0 aliphatic carbocycles. The maximum atomic E-state index is 13.2. The van der Waals surface area contributed by atoms with E-state index in [0.717, 1.165) is 5.69 Å². The number of aryl methyl sites for hydroxylation is 3. The molecule has 0 saturated heterocycles. The van der Waals surface area contributed by atoms with Crippen LogP contribution in [-0.4, -0.2) is 24.7 Å². The Hall–Kier alpha value is -3.55. The minimum atomic E-state index is -4.37. The van der Waals surface area contributed by atoms with E-state index >= 15 is 0 Å². The highest BCUT2D eigenvalue weighted by Gasteiger charge is 2.32. The quantitative estimate of drug-likeness (QED) is 0.443. The average molecular weight is 423 g/mol. The number of hydrogen-bond donors (Lipinski definition) is 0. The van der Waals surface area contributed by atoms with Crippen molar-refractivity contribution in [3.05, 3.63) is 95.2 Å². The van der Waals surface area contributed by atoms with Gasteiger partial charge in [-0.1, -0.05) is 24.3 Å². The summed E-state index contributed by atoms with van der Waals surface area (Å²) in [5, 5.41) is 8.62. The lowest BCUT2D eigenvalue weighted by Gasteiger charge is -2.13. The molecule has 4 aromatic rings. The lowest BCUT2D eigenvalue weighted by molar-refractivity contribution is -0.138. The lowest BCUT2D eigenvalue weighted by Crippen LogP contribution is -2.11. The fourth-order valence-corrected chi connectivity index (χ4v) is 3.41. The molecular formula is C23H20F3N5. The molecule has 0 fully saturated rings. The molecule has 4 rings (SSSR count). The summed E-state index contributed by atoms with van der Waals surface area (Å²) in [4.78, 5) is 8.74. The zero-order valence-corrected chi connectivity index (χ0v) is 16.8. The Labute approximate surface area is 177 Å². The molecule has 5 nitrogen and oxygen atoms in total. The number of hydrogen-bond acceptors (Lipinski definition) is 4. The van der Waals surface area contributed by atoms with Crippen molar-refractivity contribution in [1.82, 2.24) is 24.7 Å². The van der Waals surface area contributed by atoms with Crippen LogP contribution in [-0.2, 0) is 25.6 Å². The molecule has 3 aromatic heterocycles. The number of rotatable bonds is 6. The normalized spacial score (nSPS) is 11.6. The third kappa shape index (κ3) is 4.79. The molecular weight excluding hydrogens is 403 g/mol. The van der Waals surface area contributed by atoms with Gasteiger partial charge in [0, 0.05) is 18.8 Å². The van der Waals surface area contributed by atoms with Crippen LogP contribution in [0.1, 0.15) is 28.2 Å². The minimum Gasteiger partial charge on any atom is -0.304 e. The van der Waals surface area contributed by atoms with Crippen LogP contribution in [0, 0.1) is 6.92 Å². The van der Waals surface area contributed by atoms with Gasteiger partial charge in [-0.15, -0.1) is 10.2 Å². The number of alkyl halides is 3. The van der Waals surface area contributed by atoms with E-state index in [9.17, 15) is 13.2 Å². The number of aromatic nitrogens is 5. The second-order valence-electron chi connectivity index (χ2n) is 7.21. The van der Waals surface area contributed by atoms with Crippen molar-refractivity contribution in [2.45, 2.75) is 32.5 Å². The Morgan fingerprint density at radius 1 is 0.871 bits per heavy atom. The Morgan fingerprint density at radius 3 is 2.32 bits per heavy atom. The minimum absolute atomic E-state index is 0.215. The molecule has 31 heavy (non-hydrogen) atoms. The first kappa shape index (κ1) is 20.7. The van der Waals surface area contributed by atoms with Crippen LogP contribution in [0.15, 0.2) is 67.0 Å². The van der Waals surface area contributed by atoms with Crippen LogP contribution < -0.4 is 0 Å². The summed E-state index contributed by atoms with van der Waals surface area (Å²) in [5.41, 5.74) is 1.72. The molecule has 0 N–H and O–H groups in total. The standard InChI is InChI=1S/C23H20F3N5/c1-16-8-9-17(14-19(16)23(24,25)26)10-11-21-29-30-22(20-7-3-5-13-28-20)31(21)15-18-6-2-4-12-27-18/h2-9,12-14H,10-11,15H2,1H3. The molecule has 0 atom stereocenters. The zero-order valence-electron chi connectivity index (χ0n) is 16.8. The van der Waals surface area contributed by atoms with Gasteiger partial charge in [0.1, 0.15) is 11.5 Å². The summed E-state index contributed by atoms with van der Waals surface area (Å²) in [6.45, 7) is 1.91. The summed E-state index contributed by atoms with van der Waals surface area (Å²) < 4.78 is 41.7. The molecule has 0 radical (unpaired) electrons. The molecule has 0 unspecified atom stereocenters. The van der Waals surface area contributed by atoms with E-state index in [1.165, 1.54) is 19.1 Å². The molecule has 3 heterocycles. The predicted octanol–water partition coefficient (Wildman–Crippen LogP) is 4.90. The average Bonchev–Trinajstić information content (AvgIpc) is 3.16. The maximum Gasteiger partial charge on any atom is 0.416 e. The molecule has 0 spiro atoms. The van der Waals surface area contributed by atoms with Crippen molar-refractivity contribution >= 4 is 0 Å². The first-order chi connectivity index (χ1) is 14.9. The van der Waals surface area contributed by atoms with Gasteiger partial charge in [0.15, 0.2) is 5.82 Å². The highest BCUT2D eigenvalue weighted by Crippen LogP contribution is 2.32. The highest BCUT2D eigenvalue weighted by molar-refractivity contribution is 5.49. The van der Waals surface area contributed by atoms with E-state index in [4.69, 9.17) is 0 Å². The lowest BCUT2D eigenvalue weighted by atomic mass is 10.0. The van der Waals surface area contributed by atoms with Crippen LogP contribution in [0.4, 0.5) is 13.2 Å².